The van der Waals surface area contributed by atoms with E-state index in [1.807, 2.05) is 50.2 Å². The predicted molar refractivity (Wildman–Crippen MR) is 92.8 cm³/mol. The minimum atomic E-state index is -0.185. The third-order valence-corrected chi connectivity index (χ3v) is 3.77. The third-order valence-electron chi connectivity index (χ3n) is 3.77. The number of carbonyl (C=O) groups is 1. The molecular formula is C19H24N2O2. The van der Waals surface area contributed by atoms with Gasteiger partial charge in [0.1, 0.15) is 12.4 Å². The first kappa shape index (κ1) is 16.9. The number of carbonyl (C=O) groups excluding carboxylic acids is 1. The van der Waals surface area contributed by atoms with Crippen molar-refractivity contribution in [2.75, 3.05) is 13.2 Å². The van der Waals surface area contributed by atoms with Crippen LogP contribution in [0.4, 0.5) is 4.79 Å². The Bertz CT molecular complexity index is 651. The molecule has 0 bridgehead atoms. The van der Waals surface area contributed by atoms with Crippen molar-refractivity contribution in [3.05, 3.63) is 64.7 Å². The van der Waals surface area contributed by atoms with E-state index in [1.165, 1.54) is 11.1 Å². The number of hydrogen-bond donors (Lipinski definition) is 2. The average molecular weight is 312 g/mol. The second-order valence-electron chi connectivity index (χ2n) is 5.64. The lowest BCUT2D eigenvalue weighted by atomic mass is 10.1. The molecule has 0 heterocycles. The largest absolute Gasteiger partial charge is 0.491 e. The van der Waals surface area contributed by atoms with Gasteiger partial charge in [-0.05, 0) is 43.5 Å². The van der Waals surface area contributed by atoms with E-state index in [9.17, 15) is 4.79 Å². The summed E-state index contributed by atoms with van der Waals surface area (Å²) in [7, 11) is 0. The van der Waals surface area contributed by atoms with Gasteiger partial charge in [-0.1, -0.05) is 42.0 Å². The molecular weight excluding hydrogens is 288 g/mol. The summed E-state index contributed by atoms with van der Waals surface area (Å²) < 4.78 is 5.70. The second-order valence-corrected chi connectivity index (χ2v) is 5.64. The van der Waals surface area contributed by atoms with Crippen molar-refractivity contribution in [2.45, 2.75) is 27.3 Å². The smallest absolute Gasteiger partial charge is 0.315 e. The van der Waals surface area contributed by atoms with E-state index in [4.69, 9.17) is 4.74 Å². The molecule has 2 amide bonds. The third kappa shape index (κ3) is 5.33. The Morgan fingerprint density at radius 2 is 1.74 bits per heavy atom. The monoisotopic (exact) mass is 312 g/mol. The summed E-state index contributed by atoms with van der Waals surface area (Å²) in [5, 5.41) is 5.63. The van der Waals surface area contributed by atoms with Crippen molar-refractivity contribution < 1.29 is 9.53 Å². The van der Waals surface area contributed by atoms with Crippen LogP contribution in [0.5, 0.6) is 5.75 Å². The SMILES string of the molecule is Cc1ccc(CNC(=O)NCCOc2cccc(C)c2C)cc1. The standard InChI is InChI=1S/C19H24N2O2/c1-14-7-9-17(10-8-14)13-21-19(22)20-11-12-23-18-6-4-5-15(2)16(18)3/h4-10H,11-13H2,1-3H3,(H2,20,21,22). The lowest BCUT2D eigenvalue weighted by molar-refractivity contribution is 0.236. The van der Waals surface area contributed by atoms with Crippen molar-refractivity contribution >= 4 is 6.03 Å². The van der Waals surface area contributed by atoms with E-state index in [0.29, 0.717) is 19.7 Å². The van der Waals surface area contributed by atoms with Gasteiger partial charge in [-0.15, -0.1) is 0 Å². The van der Waals surface area contributed by atoms with E-state index in [0.717, 1.165) is 16.9 Å². The van der Waals surface area contributed by atoms with Crippen LogP contribution in [0.1, 0.15) is 22.3 Å². The van der Waals surface area contributed by atoms with Crippen LogP contribution in [0, 0.1) is 20.8 Å². The van der Waals surface area contributed by atoms with Crippen molar-refractivity contribution in [3.8, 4) is 5.75 Å². The van der Waals surface area contributed by atoms with Gasteiger partial charge in [-0.3, -0.25) is 0 Å². The average Bonchev–Trinajstić information content (AvgIpc) is 2.55. The highest BCUT2D eigenvalue weighted by molar-refractivity contribution is 5.73. The first-order valence-corrected chi connectivity index (χ1v) is 7.82. The number of hydrogen-bond acceptors (Lipinski definition) is 2. The number of nitrogens with one attached hydrogen (secondary N) is 2. The van der Waals surface area contributed by atoms with Crippen LogP contribution in [0.25, 0.3) is 0 Å². The van der Waals surface area contributed by atoms with Crippen molar-refractivity contribution in [1.82, 2.24) is 10.6 Å². The number of ether oxygens (including phenoxy) is 1. The van der Waals surface area contributed by atoms with Crippen LogP contribution in [0.15, 0.2) is 42.5 Å². The van der Waals surface area contributed by atoms with Gasteiger partial charge in [0.2, 0.25) is 0 Å². The van der Waals surface area contributed by atoms with Gasteiger partial charge in [0.25, 0.3) is 0 Å². The minimum Gasteiger partial charge on any atom is -0.491 e. The summed E-state index contributed by atoms with van der Waals surface area (Å²) in [6, 6.07) is 13.9. The number of benzene rings is 2. The summed E-state index contributed by atoms with van der Waals surface area (Å²) in [4.78, 5) is 11.7. The normalized spacial score (nSPS) is 10.2. The van der Waals surface area contributed by atoms with Crippen LogP contribution in [-0.4, -0.2) is 19.2 Å². The Morgan fingerprint density at radius 3 is 2.48 bits per heavy atom. The van der Waals surface area contributed by atoms with Crippen LogP contribution in [0.3, 0.4) is 0 Å². The molecule has 0 aliphatic carbocycles. The minimum absolute atomic E-state index is 0.185. The topological polar surface area (TPSA) is 50.4 Å². The molecule has 0 aliphatic heterocycles. The van der Waals surface area contributed by atoms with Gasteiger partial charge < -0.3 is 15.4 Å². The Balaban J connectivity index is 1.67. The molecule has 0 unspecified atom stereocenters. The molecule has 0 atom stereocenters. The zero-order chi connectivity index (χ0) is 16.7. The molecule has 23 heavy (non-hydrogen) atoms. The summed E-state index contributed by atoms with van der Waals surface area (Å²) in [6.45, 7) is 7.56. The highest BCUT2D eigenvalue weighted by Gasteiger charge is 2.03. The fourth-order valence-electron chi connectivity index (χ4n) is 2.16. The summed E-state index contributed by atoms with van der Waals surface area (Å²) in [5.41, 5.74) is 4.63. The lowest BCUT2D eigenvalue weighted by Crippen LogP contribution is -2.37. The maximum absolute atomic E-state index is 11.7. The molecule has 0 aliphatic rings. The molecule has 0 saturated carbocycles. The molecule has 4 heteroatoms. The summed E-state index contributed by atoms with van der Waals surface area (Å²) in [5.74, 6) is 0.867. The lowest BCUT2D eigenvalue weighted by Gasteiger charge is -2.12. The van der Waals surface area contributed by atoms with Crippen LogP contribution < -0.4 is 15.4 Å². The molecule has 0 fully saturated rings. The molecule has 2 aromatic carbocycles. The molecule has 2 aromatic rings. The van der Waals surface area contributed by atoms with Crippen LogP contribution in [0.2, 0.25) is 0 Å². The van der Waals surface area contributed by atoms with E-state index in [2.05, 4.69) is 23.6 Å². The molecule has 2 N–H and O–H groups in total. The quantitative estimate of drug-likeness (QED) is 0.802. The Labute approximate surface area is 137 Å². The van der Waals surface area contributed by atoms with E-state index < -0.39 is 0 Å². The zero-order valence-electron chi connectivity index (χ0n) is 14.0. The fourth-order valence-corrected chi connectivity index (χ4v) is 2.16. The molecule has 2 rings (SSSR count). The Hall–Kier alpha value is -2.49. The first-order valence-electron chi connectivity index (χ1n) is 7.82. The molecule has 0 saturated heterocycles. The number of urea groups is 1. The number of aryl methyl sites for hydroxylation is 2. The van der Waals surface area contributed by atoms with E-state index in [1.54, 1.807) is 0 Å². The molecule has 0 spiro atoms. The van der Waals surface area contributed by atoms with E-state index in [-0.39, 0.29) is 6.03 Å². The first-order chi connectivity index (χ1) is 11.1. The van der Waals surface area contributed by atoms with Crippen molar-refractivity contribution in [1.29, 1.82) is 0 Å². The maximum Gasteiger partial charge on any atom is 0.315 e. The Morgan fingerprint density at radius 1 is 1.00 bits per heavy atom. The molecule has 0 radical (unpaired) electrons. The van der Waals surface area contributed by atoms with Gasteiger partial charge in [-0.2, -0.15) is 0 Å². The Kier molecular flexibility index (Phi) is 6.03. The van der Waals surface area contributed by atoms with Crippen LogP contribution >= 0.6 is 0 Å². The number of amides is 2. The van der Waals surface area contributed by atoms with Crippen molar-refractivity contribution in [3.63, 3.8) is 0 Å². The van der Waals surface area contributed by atoms with Gasteiger partial charge in [-0.25, -0.2) is 4.79 Å². The predicted octanol–water partition coefficient (Wildman–Crippen LogP) is 3.49. The maximum atomic E-state index is 11.7. The summed E-state index contributed by atoms with van der Waals surface area (Å²) >= 11 is 0. The van der Waals surface area contributed by atoms with Crippen molar-refractivity contribution in [2.24, 2.45) is 0 Å². The van der Waals surface area contributed by atoms with Gasteiger partial charge >= 0.3 is 6.03 Å². The highest BCUT2D eigenvalue weighted by Crippen LogP contribution is 2.20. The van der Waals surface area contributed by atoms with Gasteiger partial charge in [0, 0.05) is 6.54 Å². The van der Waals surface area contributed by atoms with E-state index >= 15 is 0 Å². The summed E-state index contributed by atoms with van der Waals surface area (Å²) in [6.07, 6.45) is 0. The molecule has 122 valence electrons. The van der Waals surface area contributed by atoms with Gasteiger partial charge in [0.05, 0.1) is 6.54 Å². The van der Waals surface area contributed by atoms with Crippen LogP contribution in [-0.2, 0) is 6.54 Å². The fraction of sp³-hybridized carbons (Fsp3) is 0.316. The molecule has 0 aromatic heterocycles. The second kappa shape index (κ2) is 8.22. The number of rotatable bonds is 6. The van der Waals surface area contributed by atoms with Gasteiger partial charge in [0.15, 0.2) is 0 Å². The highest BCUT2D eigenvalue weighted by atomic mass is 16.5. The zero-order valence-corrected chi connectivity index (χ0v) is 14.0. The molecule has 4 nitrogen and oxygen atoms in total.